The molecular formula is C23H26N2O4. The first-order valence-corrected chi connectivity index (χ1v) is 9.81. The fraction of sp³-hybridized carbons (Fsp3) is 0.348. The summed E-state index contributed by atoms with van der Waals surface area (Å²) in [7, 11) is 0. The van der Waals surface area contributed by atoms with Crippen LogP contribution in [0.2, 0.25) is 0 Å². The molecule has 1 heterocycles. The number of carboxylic acid groups (broad SMARTS) is 1. The van der Waals surface area contributed by atoms with E-state index in [0.717, 1.165) is 11.1 Å². The highest BCUT2D eigenvalue weighted by molar-refractivity contribution is 5.83. The summed E-state index contributed by atoms with van der Waals surface area (Å²) in [5.41, 5.74) is 0.686. The lowest BCUT2D eigenvalue weighted by Gasteiger charge is -2.39. The van der Waals surface area contributed by atoms with E-state index in [4.69, 9.17) is 0 Å². The van der Waals surface area contributed by atoms with E-state index in [9.17, 15) is 19.5 Å². The lowest BCUT2D eigenvalue weighted by atomic mass is 9.73. The third kappa shape index (κ3) is 4.65. The van der Waals surface area contributed by atoms with Gasteiger partial charge >= 0.3 is 5.97 Å². The van der Waals surface area contributed by atoms with Gasteiger partial charge in [-0.25, -0.2) is 0 Å². The molecule has 0 saturated carbocycles. The van der Waals surface area contributed by atoms with Crippen molar-refractivity contribution in [1.82, 2.24) is 10.2 Å². The molecular weight excluding hydrogens is 368 g/mol. The minimum absolute atomic E-state index is 0.0837. The van der Waals surface area contributed by atoms with E-state index in [2.05, 4.69) is 5.32 Å². The van der Waals surface area contributed by atoms with Crippen LogP contribution >= 0.6 is 0 Å². The number of carboxylic acids is 1. The smallest absolute Gasteiger partial charge is 0.314 e. The molecule has 29 heavy (non-hydrogen) atoms. The lowest BCUT2D eigenvalue weighted by Crippen LogP contribution is -2.49. The Bertz CT molecular complexity index is 859. The minimum Gasteiger partial charge on any atom is -0.481 e. The quantitative estimate of drug-likeness (QED) is 0.789. The van der Waals surface area contributed by atoms with Crippen LogP contribution in [-0.2, 0) is 19.8 Å². The van der Waals surface area contributed by atoms with Gasteiger partial charge in [0.15, 0.2) is 0 Å². The number of hydrogen-bond acceptors (Lipinski definition) is 3. The molecule has 1 unspecified atom stereocenters. The van der Waals surface area contributed by atoms with Crippen LogP contribution < -0.4 is 5.32 Å². The van der Waals surface area contributed by atoms with Gasteiger partial charge in [0, 0.05) is 20.0 Å². The van der Waals surface area contributed by atoms with Crippen LogP contribution in [0.1, 0.15) is 43.4 Å². The number of nitrogens with one attached hydrogen (secondary N) is 1. The van der Waals surface area contributed by atoms with Gasteiger partial charge < -0.3 is 15.3 Å². The molecule has 2 aromatic rings. The molecule has 0 aromatic heterocycles. The number of benzene rings is 2. The SMILES string of the molecule is CC(=O)NC(CC(=O)N1CCC(C(=O)O)(c2ccccc2)CC1)c1ccccc1. The zero-order chi connectivity index (χ0) is 20.9. The van der Waals surface area contributed by atoms with Crippen molar-refractivity contribution >= 4 is 17.8 Å². The normalized spacial score (nSPS) is 16.7. The highest BCUT2D eigenvalue weighted by Crippen LogP contribution is 2.36. The zero-order valence-corrected chi connectivity index (χ0v) is 16.5. The predicted octanol–water partition coefficient (Wildman–Crippen LogP) is 2.90. The minimum atomic E-state index is -0.964. The molecule has 1 aliphatic rings. The number of hydrogen-bond donors (Lipinski definition) is 2. The molecule has 0 aliphatic carbocycles. The van der Waals surface area contributed by atoms with Crippen molar-refractivity contribution in [2.24, 2.45) is 0 Å². The molecule has 2 amide bonds. The number of nitrogens with zero attached hydrogens (tertiary/aromatic N) is 1. The second kappa shape index (κ2) is 8.90. The van der Waals surface area contributed by atoms with Gasteiger partial charge in [-0.15, -0.1) is 0 Å². The molecule has 0 bridgehead atoms. The second-order valence-electron chi connectivity index (χ2n) is 7.50. The Morgan fingerprint density at radius 3 is 2.07 bits per heavy atom. The van der Waals surface area contributed by atoms with E-state index < -0.39 is 17.4 Å². The van der Waals surface area contributed by atoms with Crippen molar-refractivity contribution in [3.05, 3.63) is 71.8 Å². The van der Waals surface area contributed by atoms with Gasteiger partial charge in [0.2, 0.25) is 11.8 Å². The van der Waals surface area contributed by atoms with Crippen molar-refractivity contribution in [1.29, 1.82) is 0 Å². The lowest BCUT2D eigenvalue weighted by molar-refractivity contribution is -0.148. The molecule has 3 rings (SSSR count). The molecule has 6 nitrogen and oxygen atoms in total. The maximum Gasteiger partial charge on any atom is 0.314 e. The van der Waals surface area contributed by atoms with Gasteiger partial charge in [0.25, 0.3) is 0 Å². The van der Waals surface area contributed by atoms with Gasteiger partial charge in [0.05, 0.1) is 17.9 Å². The maximum absolute atomic E-state index is 12.9. The number of carbonyl (C=O) groups is 3. The number of aliphatic carboxylic acids is 1. The third-order valence-electron chi connectivity index (χ3n) is 5.66. The Morgan fingerprint density at radius 1 is 1.00 bits per heavy atom. The summed E-state index contributed by atoms with van der Waals surface area (Å²) in [4.78, 5) is 38.3. The molecule has 6 heteroatoms. The predicted molar refractivity (Wildman–Crippen MR) is 109 cm³/mol. The summed E-state index contributed by atoms with van der Waals surface area (Å²) < 4.78 is 0. The first-order valence-electron chi connectivity index (χ1n) is 9.81. The van der Waals surface area contributed by atoms with Crippen LogP contribution in [0.3, 0.4) is 0 Å². The van der Waals surface area contributed by atoms with E-state index >= 15 is 0 Å². The zero-order valence-electron chi connectivity index (χ0n) is 16.5. The molecule has 0 spiro atoms. The topological polar surface area (TPSA) is 86.7 Å². The van der Waals surface area contributed by atoms with Crippen LogP contribution in [0.25, 0.3) is 0 Å². The average molecular weight is 394 g/mol. The standard InChI is InChI=1S/C23H26N2O4/c1-17(26)24-20(18-8-4-2-5-9-18)16-21(27)25-14-12-23(13-15-25,22(28)29)19-10-6-3-7-11-19/h2-11,20H,12-16H2,1H3,(H,24,26)(H,28,29). The number of carbonyl (C=O) groups excluding carboxylic acids is 2. The summed E-state index contributed by atoms with van der Waals surface area (Å²) in [5.74, 6) is -1.13. The van der Waals surface area contributed by atoms with Crippen molar-refractivity contribution in [3.63, 3.8) is 0 Å². The Labute approximate surface area is 170 Å². The molecule has 1 fully saturated rings. The van der Waals surface area contributed by atoms with Gasteiger partial charge in [-0.1, -0.05) is 60.7 Å². The van der Waals surface area contributed by atoms with Crippen LogP contribution in [0.4, 0.5) is 0 Å². The molecule has 1 atom stereocenters. The van der Waals surface area contributed by atoms with Crippen molar-refractivity contribution < 1.29 is 19.5 Å². The average Bonchev–Trinajstić information content (AvgIpc) is 2.74. The Balaban J connectivity index is 1.70. The Hall–Kier alpha value is -3.15. The first kappa shape index (κ1) is 20.6. The largest absolute Gasteiger partial charge is 0.481 e. The summed E-state index contributed by atoms with van der Waals surface area (Å²) in [6, 6.07) is 18.2. The number of piperidine rings is 1. The first-order chi connectivity index (χ1) is 13.9. The van der Waals surface area contributed by atoms with Gasteiger partial charge in [-0.3, -0.25) is 14.4 Å². The van der Waals surface area contributed by atoms with Gasteiger partial charge in [0.1, 0.15) is 0 Å². The number of likely N-dealkylation sites (tertiary alicyclic amines) is 1. The molecule has 1 aliphatic heterocycles. The molecule has 2 N–H and O–H groups in total. The summed E-state index contributed by atoms with van der Waals surface area (Å²) >= 11 is 0. The molecule has 2 aromatic carbocycles. The van der Waals surface area contributed by atoms with Crippen molar-refractivity contribution in [2.45, 2.75) is 37.6 Å². The fourth-order valence-electron chi connectivity index (χ4n) is 4.01. The monoisotopic (exact) mass is 394 g/mol. The van der Waals surface area contributed by atoms with E-state index in [1.54, 1.807) is 4.90 Å². The highest BCUT2D eigenvalue weighted by Gasteiger charge is 2.43. The molecule has 152 valence electrons. The summed E-state index contributed by atoms with van der Waals surface area (Å²) in [6.07, 6.45) is 0.886. The van der Waals surface area contributed by atoms with Gasteiger partial charge in [-0.05, 0) is 24.0 Å². The van der Waals surface area contributed by atoms with E-state index in [1.807, 2.05) is 60.7 Å². The highest BCUT2D eigenvalue weighted by atomic mass is 16.4. The van der Waals surface area contributed by atoms with Gasteiger partial charge in [-0.2, -0.15) is 0 Å². The van der Waals surface area contributed by atoms with E-state index in [-0.39, 0.29) is 18.2 Å². The van der Waals surface area contributed by atoms with E-state index in [1.165, 1.54) is 6.92 Å². The Kier molecular flexibility index (Phi) is 6.32. The van der Waals surface area contributed by atoms with Crippen LogP contribution in [0.15, 0.2) is 60.7 Å². The fourth-order valence-corrected chi connectivity index (χ4v) is 4.01. The van der Waals surface area contributed by atoms with E-state index in [0.29, 0.717) is 25.9 Å². The number of amides is 2. The van der Waals surface area contributed by atoms with Crippen LogP contribution in [0.5, 0.6) is 0 Å². The van der Waals surface area contributed by atoms with Crippen molar-refractivity contribution in [3.8, 4) is 0 Å². The third-order valence-corrected chi connectivity index (χ3v) is 5.66. The summed E-state index contributed by atoms with van der Waals surface area (Å²) in [5, 5.41) is 12.8. The Morgan fingerprint density at radius 2 is 1.55 bits per heavy atom. The molecule has 1 saturated heterocycles. The van der Waals surface area contributed by atoms with Crippen molar-refractivity contribution in [2.75, 3.05) is 13.1 Å². The second-order valence-corrected chi connectivity index (χ2v) is 7.50. The van der Waals surface area contributed by atoms with Crippen LogP contribution in [-0.4, -0.2) is 40.9 Å². The number of rotatable bonds is 6. The maximum atomic E-state index is 12.9. The molecule has 0 radical (unpaired) electrons. The van der Waals surface area contributed by atoms with Crippen LogP contribution in [0, 0.1) is 0 Å². The summed E-state index contributed by atoms with van der Waals surface area (Å²) in [6.45, 7) is 2.19.